The summed E-state index contributed by atoms with van der Waals surface area (Å²) in [4.78, 5) is 2.78. The molecular formula is C14H17IN2S. The first-order chi connectivity index (χ1) is 8.54. The molecular weight excluding hydrogens is 355 g/mol. The summed E-state index contributed by atoms with van der Waals surface area (Å²) in [7, 11) is 0. The fourth-order valence-corrected chi connectivity index (χ4v) is 3.41. The van der Waals surface area contributed by atoms with E-state index in [0.717, 1.165) is 21.4 Å². The summed E-state index contributed by atoms with van der Waals surface area (Å²) in [5.74, 6) is 0. The molecule has 0 saturated heterocycles. The smallest absolute Gasteiger partial charge is 0.0576 e. The van der Waals surface area contributed by atoms with Crippen molar-refractivity contribution in [2.24, 2.45) is 0 Å². The molecule has 0 aliphatic carbocycles. The highest BCUT2D eigenvalue weighted by Gasteiger charge is 2.07. The zero-order chi connectivity index (χ0) is 13.1. The molecule has 2 aromatic rings. The van der Waals surface area contributed by atoms with Crippen LogP contribution in [0.1, 0.15) is 16.7 Å². The maximum Gasteiger partial charge on any atom is 0.0576 e. The highest BCUT2D eigenvalue weighted by atomic mass is 127. The van der Waals surface area contributed by atoms with Gasteiger partial charge >= 0.3 is 0 Å². The lowest BCUT2D eigenvalue weighted by Crippen LogP contribution is -2.18. The summed E-state index contributed by atoms with van der Waals surface area (Å²) in [6, 6.07) is 10.9. The minimum atomic E-state index is 0.380. The summed E-state index contributed by atoms with van der Waals surface area (Å²) < 4.78 is 1.16. The lowest BCUT2D eigenvalue weighted by molar-refractivity contribution is 0.801. The van der Waals surface area contributed by atoms with Crippen LogP contribution in [0.25, 0.3) is 0 Å². The Morgan fingerprint density at radius 3 is 2.72 bits per heavy atom. The third kappa shape index (κ3) is 3.62. The van der Waals surface area contributed by atoms with Crippen molar-refractivity contribution in [1.82, 2.24) is 0 Å². The fraction of sp³-hybridized carbons (Fsp3) is 0.286. The number of nitrogens with two attached hydrogens (primary N) is 1. The SMILES string of the molecule is Cc1ccc(CC(C)Nc2ccc(I)cc2N)s1. The van der Waals surface area contributed by atoms with E-state index in [0.29, 0.717) is 6.04 Å². The lowest BCUT2D eigenvalue weighted by atomic mass is 10.2. The molecule has 0 spiro atoms. The minimum absolute atomic E-state index is 0.380. The maximum atomic E-state index is 6.00. The molecule has 0 aliphatic rings. The molecule has 0 saturated carbocycles. The van der Waals surface area contributed by atoms with Crippen LogP contribution in [-0.2, 0) is 6.42 Å². The number of rotatable bonds is 4. The lowest BCUT2D eigenvalue weighted by Gasteiger charge is -2.16. The molecule has 1 aromatic heterocycles. The van der Waals surface area contributed by atoms with Crippen LogP contribution in [0.4, 0.5) is 11.4 Å². The van der Waals surface area contributed by atoms with Gasteiger partial charge in [-0.15, -0.1) is 11.3 Å². The Labute approximate surface area is 126 Å². The molecule has 1 atom stereocenters. The zero-order valence-electron chi connectivity index (χ0n) is 10.5. The van der Waals surface area contributed by atoms with Crippen LogP contribution in [0.3, 0.4) is 0 Å². The monoisotopic (exact) mass is 372 g/mol. The van der Waals surface area contributed by atoms with Crippen molar-refractivity contribution in [2.75, 3.05) is 11.1 Å². The van der Waals surface area contributed by atoms with Crippen LogP contribution in [0, 0.1) is 10.5 Å². The van der Waals surface area contributed by atoms with Gasteiger partial charge in [0.2, 0.25) is 0 Å². The number of hydrogen-bond donors (Lipinski definition) is 2. The van der Waals surface area contributed by atoms with Gasteiger partial charge in [0.1, 0.15) is 0 Å². The van der Waals surface area contributed by atoms with Crippen LogP contribution >= 0.6 is 33.9 Å². The Bertz CT molecular complexity index is 536. The summed E-state index contributed by atoms with van der Waals surface area (Å²) in [5.41, 5.74) is 7.84. The van der Waals surface area contributed by atoms with Crippen LogP contribution in [0.15, 0.2) is 30.3 Å². The van der Waals surface area contributed by atoms with Crippen molar-refractivity contribution in [3.05, 3.63) is 43.7 Å². The first kappa shape index (κ1) is 13.7. The van der Waals surface area contributed by atoms with Gasteiger partial charge in [-0.1, -0.05) is 0 Å². The van der Waals surface area contributed by atoms with E-state index in [2.05, 4.69) is 60.0 Å². The van der Waals surface area contributed by atoms with E-state index in [9.17, 15) is 0 Å². The van der Waals surface area contributed by atoms with Crippen molar-refractivity contribution >= 4 is 45.3 Å². The Morgan fingerprint density at radius 1 is 1.33 bits per heavy atom. The molecule has 2 rings (SSSR count). The molecule has 1 aromatic carbocycles. The van der Waals surface area contributed by atoms with Crippen LogP contribution in [0.5, 0.6) is 0 Å². The Kier molecular flexibility index (Phi) is 4.50. The third-order valence-corrected chi connectivity index (χ3v) is 4.41. The highest BCUT2D eigenvalue weighted by Crippen LogP contribution is 2.23. The quantitative estimate of drug-likeness (QED) is 0.621. The number of nitrogens with one attached hydrogen (secondary N) is 1. The molecule has 96 valence electrons. The predicted octanol–water partition coefficient (Wildman–Crippen LogP) is 4.29. The second kappa shape index (κ2) is 5.93. The Balaban J connectivity index is 2.00. The second-order valence-corrected chi connectivity index (χ2v) is 7.11. The molecule has 3 N–H and O–H groups in total. The highest BCUT2D eigenvalue weighted by molar-refractivity contribution is 14.1. The number of hydrogen-bond acceptors (Lipinski definition) is 3. The number of halogens is 1. The molecule has 18 heavy (non-hydrogen) atoms. The average molecular weight is 372 g/mol. The van der Waals surface area contributed by atoms with Crippen molar-refractivity contribution < 1.29 is 0 Å². The van der Waals surface area contributed by atoms with Gasteiger partial charge in [-0.3, -0.25) is 0 Å². The van der Waals surface area contributed by atoms with Gasteiger partial charge in [-0.05, 0) is 66.8 Å². The van der Waals surface area contributed by atoms with Gasteiger partial charge < -0.3 is 11.1 Å². The summed E-state index contributed by atoms with van der Waals surface area (Å²) in [5, 5.41) is 3.47. The number of anilines is 2. The van der Waals surface area contributed by atoms with Crippen molar-refractivity contribution in [3.8, 4) is 0 Å². The van der Waals surface area contributed by atoms with Crippen LogP contribution in [-0.4, -0.2) is 6.04 Å². The van der Waals surface area contributed by atoms with Gasteiger partial charge in [-0.25, -0.2) is 0 Å². The number of benzene rings is 1. The fourth-order valence-electron chi connectivity index (χ4n) is 1.88. The first-order valence-electron chi connectivity index (χ1n) is 5.91. The molecule has 1 unspecified atom stereocenters. The van der Waals surface area contributed by atoms with Crippen molar-refractivity contribution in [2.45, 2.75) is 26.3 Å². The molecule has 0 radical (unpaired) electrons. The summed E-state index contributed by atoms with van der Waals surface area (Å²) in [6.45, 7) is 4.33. The van der Waals surface area contributed by atoms with Crippen molar-refractivity contribution in [3.63, 3.8) is 0 Å². The van der Waals surface area contributed by atoms with Gasteiger partial charge in [0.15, 0.2) is 0 Å². The maximum absolute atomic E-state index is 6.00. The molecule has 0 aliphatic heterocycles. The summed E-state index contributed by atoms with van der Waals surface area (Å²) in [6.07, 6.45) is 1.03. The van der Waals surface area contributed by atoms with E-state index in [1.54, 1.807) is 0 Å². The minimum Gasteiger partial charge on any atom is -0.397 e. The van der Waals surface area contributed by atoms with Gasteiger partial charge in [0, 0.05) is 25.8 Å². The normalized spacial score (nSPS) is 12.4. The van der Waals surface area contributed by atoms with E-state index < -0.39 is 0 Å². The topological polar surface area (TPSA) is 38.0 Å². The summed E-state index contributed by atoms with van der Waals surface area (Å²) >= 11 is 4.13. The standard InChI is InChI=1S/C14H17IN2S/c1-9(7-12-5-3-10(2)18-12)17-14-6-4-11(15)8-13(14)16/h3-6,8-9,17H,7,16H2,1-2H3. The number of nitrogen functional groups attached to an aromatic ring is 1. The number of thiophene rings is 1. The Morgan fingerprint density at radius 2 is 2.11 bits per heavy atom. The second-order valence-electron chi connectivity index (χ2n) is 4.49. The zero-order valence-corrected chi connectivity index (χ0v) is 13.5. The largest absolute Gasteiger partial charge is 0.397 e. The first-order valence-corrected chi connectivity index (χ1v) is 7.81. The van der Waals surface area contributed by atoms with Gasteiger partial charge in [0.25, 0.3) is 0 Å². The molecule has 2 nitrogen and oxygen atoms in total. The van der Waals surface area contributed by atoms with Crippen molar-refractivity contribution in [1.29, 1.82) is 0 Å². The third-order valence-electron chi connectivity index (χ3n) is 2.72. The average Bonchev–Trinajstić information content (AvgIpc) is 2.68. The van der Waals surface area contributed by atoms with Gasteiger partial charge in [0.05, 0.1) is 11.4 Å². The molecule has 0 bridgehead atoms. The molecule has 0 amide bonds. The molecule has 4 heteroatoms. The van der Waals surface area contributed by atoms with E-state index >= 15 is 0 Å². The number of aryl methyl sites for hydroxylation is 1. The molecule has 0 fully saturated rings. The van der Waals surface area contributed by atoms with Crippen LogP contribution < -0.4 is 11.1 Å². The van der Waals surface area contributed by atoms with E-state index in [-0.39, 0.29) is 0 Å². The van der Waals surface area contributed by atoms with Crippen LogP contribution in [0.2, 0.25) is 0 Å². The van der Waals surface area contributed by atoms with Gasteiger partial charge in [-0.2, -0.15) is 0 Å². The predicted molar refractivity (Wildman–Crippen MR) is 89.4 cm³/mol. The van der Waals surface area contributed by atoms with E-state index in [1.165, 1.54) is 9.75 Å². The van der Waals surface area contributed by atoms with E-state index in [4.69, 9.17) is 5.73 Å². The Hall–Kier alpha value is -0.750. The molecule has 1 heterocycles. The van der Waals surface area contributed by atoms with E-state index in [1.807, 2.05) is 23.5 Å².